The van der Waals surface area contributed by atoms with E-state index in [1.165, 1.54) is 12.4 Å². The van der Waals surface area contributed by atoms with E-state index in [0.717, 1.165) is 12.8 Å². The van der Waals surface area contributed by atoms with Gasteiger partial charge in [0.05, 0.1) is 35.7 Å². The molecule has 0 bridgehead atoms. The van der Waals surface area contributed by atoms with Gasteiger partial charge in [0.15, 0.2) is 5.69 Å². The van der Waals surface area contributed by atoms with E-state index in [4.69, 9.17) is 16.3 Å². The zero-order valence-electron chi connectivity index (χ0n) is 21.3. The first-order valence-corrected chi connectivity index (χ1v) is 13.6. The maximum Gasteiger partial charge on any atom is 0.272 e. The topological polar surface area (TPSA) is 108 Å². The Hall–Kier alpha value is -2.98. The fourth-order valence-corrected chi connectivity index (χ4v) is 6.70. The smallest absolute Gasteiger partial charge is 0.272 e. The van der Waals surface area contributed by atoms with E-state index in [1.54, 1.807) is 22.8 Å². The predicted octanol–water partition coefficient (Wildman–Crippen LogP) is 3.47. The Labute approximate surface area is 225 Å². The molecule has 0 unspecified atom stereocenters. The van der Waals surface area contributed by atoms with Crippen LogP contribution in [0, 0.1) is 23.6 Å². The predicted molar refractivity (Wildman–Crippen MR) is 138 cm³/mol. The van der Waals surface area contributed by atoms with Crippen molar-refractivity contribution >= 4 is 35.0 Å². The Morgan fingerprint density at radius 2 is 1.95 bits per heavy atom. The van der Waals surface area contributed by atoms with Gasteiger partial charge in [-0.25, -0.2) is 9.37 Å². The molecule has 202 valence electrons. The number of aromatic amines is 1. The molecule has 9 nitrogen and oxygen atoms in total. The second kappa shape index (κ2) is 9.34. The lowest BCUT2D eigenvalue weighted by atomic mass is 9.67. The molecule has 1 saturated carbocycles. The van der Waals surface area contributed by atoms with Crippen molar-refractivity contribution in [2.45, 2.75) is 51.5 Å². The van der Waals surface area contributed by atoms with E-state index < -0.39 is 11.2 Å². The second-order valence-electron chi connectivity index (χ2n) is 11.4. The van der Waals surface area contributed by atoms with E-state index in [0.29, 0.717) is 69.8 Å². The number of imidazole rings is 1. The van der Waals surface area contributed by atoms with Crippen molar-refractivity contribution in [1.82, 2.24) is 20.2 Å². The number of piperidine rings is 1. The van der Waals surface area contributed by atoms with Crippen LogP contribution in [0.15, 0.2) is 18.5 Å². The highest BCUT2D eigenvalue weighted by Crippen LogP contribution is 2.46. The van der Waals surface area contributed by atoms with Crippen LogP contribution >= 0.6 is 11.6 Å². The van der Waals surface area contributed by atoms with Gasteiger partial charge in [-0.3, -0.25) is 14.4 Å². The molecule has 3 aliphatic heterocycles. The molecule has 1 aromatic heterocycles. The summed E-state index contributed by atoms with van der Waals surface area (Å²) >= 11 is 6.33. The number of nitrogens with zero attached hydrogens (tertiary/aromatic N) is 3. The third-order valence-corrected chi connectivity index (χ3v) is 9.06. The zero-order valence-corrected chi connectivity index (χ0v) is 22.1. The molecular weight excluding hydrogens is 513 g/mol. The number of benzene rings is 1. The molecule has 6 rings (SSSR count). The number of halogens is 2. The highest BCUT2D eigenvalue weighted by atomic mass is 35.5. The van der Waals surface area contributed by atoms with Gasteiger partial charge in [-0.15, -0.1) is 0 Å². The summed E-state index contributed by atoms with van der Waals surface area (Å²) < 4.78 is 19.2. The van der Waals surface area contributed by atoms with Crippen LogP contribution in [0.1, 0.15) is 65.1 Å². The van der Waals surface area contributed by atoms with Crippen LogP contribution in [-0.2, 0) is 9.53 Å². The lowest BCUT2D eigenvalue weighted by molar-refractivity contribution is -0.176. The van der Waals surface area contributed by atoms with Crippen molar-refractivity contribution in [3.05, 3.63) is 46.3 Å². The fourth-order valence-electron chi connectivity index (χ4n) is 6.45. The highest BCUT2D eigenvalue weighted by molar-refractivity contribution is 6.34. The minimum atomic E-state index is -0.517. The van der Waals surface area contributed by atoms with E-state index >= 15 is 0 Å². The molecule has 2 N–H and O–H groups in total. The van der Waals surface area contributed by atoms with Crippen molar-refractivity contribution in [3.8, 4) is 0 Å². The lowest BCUT2D eigenvalue weighted by Gasteiger charge is -2.54. The Morgan fingerprint density at radius 1 is 1.21 bits per heavy atom. The van der Waals surface area contributed by atoms with Gasteiger partial charge >= 0.3 is 0 Å². The summed E-state index contributed by atoms with van der Waals surface area (Å²) in [5.74, 6) is -0.984. The highest BCUT2D eigenvalue weighted by Gasteiger charge is 2.51. The van der Waals surface area contributed by atoms with Gasteiger partial charge in [-0.2, -0.15) is 0 Å². The number of rotatable bonds is 4. The molecule has 2 spiro atoms. The number of carbonyl (C=O) groups is 3. The standard InChI is InChI=1S/C27H31ClFN5O4/c1-16-9-20(18(28)10-19(16)29)34-8-2-5-27(25(34)37)6-3-17(4-7-27)32-23(35)21-22(31-15-30-21)24(36)33-11-26(12-33)13-38-14-26/h9-10,15,17H,2-8,11-14H2,1H3,(H,30,31)(H,32,35). The van der Waals surface area contributed by atoms with E-state index in [1.807, 2.05) is 0 Å². The quantitative estimate of drug-likeness (QED) is 0.614. The van der Waals surface area contributed by atoms with Gasteiger partial charge in [0.2, 0.25) is 5.91 Å². The Balaban J connectivity index is 1.08. The molecule has 4 heterocycles. The lowest BCUT2D eigenvalue weighted by Crippen LogP contribution is -2.67. The van der Waals surface area contributed by atoms with Crippen molar-refractivity contribution in [2.75, 3.05) is 37.7 Å². The normalized spacial score (nSPS) is 26.3. The maximum absolute atomic E-state index is 13.9. The summed E-state index contributed by atoms with van der Waals surface area (Å²) in [7, 11) is 0. The number of H-pyrrole nitrogens is 1. The van der Waals surface area contributed by atoms with Crippen LogP contribution in [0.4, 0.5) is 10.1 Å². The maximum atomic E-state index is 13.9. The van der Waals surface area contributed by atoms with Crippen LogP contribution in [0.3, 0.4) is 0 Å². The number of aromatic nitrogens is 2. The molecule has 4 fully saturated rings. The molecule has 0 atom stereocenters. The van der Waals surface area contributed by atoms with Crippen LogP contribution in [0.5, 0.6) is 0 Å². The van der Waals surface area contributed by atoms with E-state index in [-0.39, 0.29) is 45.6 Å². The average molecular weight is 544 g/mol. The molecular formula is C27H31ClFN5O4. The minimum absolute atomic E-state index is 0.0193. The zero-order chi connectivity index (χ0) is 26.7. The molecule has 3 amide bonds. The van der Waals surface area contributed by atoms with Gasteiger partial charge in [0.1, 0.15) is 11.5 Å². The van der Waals surface area contributed by atoms with Gasteiger partial charge in [-0.05, 0) is 63.1 Å². The molecule has 3 saturated heterocycles. The second-order valence-corrected chi connectivity index (χ2v) is 11.8. The van der Waals surface area contributed by atoms with Gasteiger partial charge in [0, 0.05) is 31.1 Å². The van der Waals surface area contributed by atoms with E-state index in [2.05, 4.69) is 15.3 Å². The number of likely N-dealkylation sites (tertiary alicyclic amines) is 1. The third kappa shape index (κ3) is 4.18. The monoisotopic (exact) mass is 543 g/mol. The summed E-state index contributed by atoms with van der Waals surface area (Å²) in [6, 6.07) is 2.79. The molecule has 4 aliphatic rings. The molecule has 1 aromatic carbocycles. The Morgan fingerprint density at radius 3 is 2.63 bits per heavy atom. The average Bonchev–Trinajstić information content (AvgIpc) is 3.33. The number of hydrogen-bond donors (Lipinski definition) is 2. The number of carbonyl (C=O) groups excluding carboxylic acids is 3. The number of anilines is 1. The first-order chi connectivity index (χ1) is 18.2. The Kier molecular flexibility index (Phi) is 6.22. The minimum Gasteiger partial charge on any atom is -0.380 e. The summed E-state index contributed by atoms with van der Waals surface area (Å²) in [6.45, 7) is 4.82. The van der Waals surface area contributed by atoms with Crippen LogP contribution in [0.25, 0.3) is 0 Å². The summed E-state index contributed by atoms with van der Waals surface area (Å²) in [5, 5.41) is 3.27. The first kappa shape index (κ1) is 25.3. The number of nitrogens with one attached hydrogen (secondary N) is 2. The van der Waals surface area contributed by atoms with Gasteiger partial charge in [0.25, 0.3) is 11.8 Å². The van der Waals surface area contributed by atoms with Crippen molar-refractivity contribution in [1.29, 1.82) is 0 Å². The molecule has 2 aromatic rings. The number of hydrogen-bond acceptors (Lipinski definition) is 5. The van der Waals surface area contributed by atoms with Gasteiger partial charge < -0.3 is 24.8 Å². The molecule has 11 heteroatoms. The van der Waals surface area contributed by atoms with Crippen LogP contribution in [-0.4, -0.2) is 71.5 Å². The Bertz CT molecular complexity index is 1290. The molecule has 1 aliphatic carbocycles. The molecule has 38 heavy (non-hydrogen) atoms. The fraction of sp³-hybridized carbons (Fsp3) is 0.556. The number of aryl methyl sites for hydroxylation is 1. The van der Waals surface area contributed by atoms with Crippen LogP contribution in [0.2, 0.25) is 5.02 Å². The van der Waals surface area contributed by atoms with Gasteiger partial charge in [-0.1, -0.05) is 11.6 Å². The largest absolute Gasteiger partial charge is 0.380 e. The summed E-state index contributed by atoms with van der Waals surface area (Å²) in [4.78, 5) is 50.1. The van der Waals surface area contributed by atoms with Crippen molar-refractivity contribution in [2.24, 2.45) is 10.8 Å². The van der Waals surface area contributed by atoms with Crippen molar-refractivity contribution < 1.29 is 23.5 Å². The SMILES string of the molecule is Cc1cc(N2CCCC3(CCC(NC(=O)c4nc[nH]c4C(=O)N4CC5(COC5)C4)CC3)C2=O)c(Cl)cc1F. The first-order valence-electron chi connectivity index (χ1n) is 13.2. The van der Waals surface area contributed by atoms with Crippen LogP contribution < -0.4 is 10.2 Å². The van der Waals surface area contributed by atoms with E-state index in [9.17, 15) is 18.8 Å². The summed E-state index contributed by atoms with van der Waals surface area (Å²) in [6.07, 6.45) is 5.54. The molecule has 0 radical (unpaired) electrons. The third-order valence-electron chi connectivity index (χ3n) is 8.76. The number of ether oxygens (including phenoxy) is 1. The number of amides is 3. The summed E-state index contributed by atoms with van der Waals surface area (Å²) in [5.41, 5.74) is 0.876. The van der Waals surface area contributed by atoms with Crippen molar-refractivity contribution in [3.63, 3.8) is 0 Å².